The van der Waals surface area contributed by atoms with E-state index in [1.54, 1.807) is 14.2 Å². The summed E-state index contributed by atoms with van der Waals surface area (Å²) < 4.78 is 14.6. The van der Waals surface area contributed by atoms with E-state index in [0.29, 0.717) is 26.4 Å². The fourth-order valence-corrected chi connectivity index (χ4v) is 0.387. The summed E-state index contributed by atoms with van der Waals surface area (Å²) in [4.78, 5) is 0. The van der Waals surface area contributed by atoms with Crippen molar-refractivity contribution in [2.45, 2.75) is 0 Å². The van der Waals surface area contributed by atoms with Crippen molar-refractivity contribution in [1.29, 1.82) is 0 Å². The van der Waals surface area contributed by atoms with Gasteiger partial charge < -0.3 is 14.2 Å². The van der Waals surface area contributed by atoms with Crippen molar-refractivity contribution in [3.05, 3.63) is 0 Å². The molecular formula is C6H14LaO3. The first-order valence-corrected chi connectivity index (χ1v) is 2.97. The van der Waals surface area contributed by atoms with E-state index in [2.05, 4.69) is 0 Å². The van der Waals surface area contributed by atoms with Gasteiger partial charge in [0.25, 0.3) is 0 Å². The maximum atomic E-state index is 5.06. The Morgan fingerprint density at radius 3 is 1.50 bits per heavy atom. The molecule has 0 aliphatic heterocycles. The summed E-state index contributed by atoms with van der Waals surface area (Å²) in [6, 6.07) is 0. The molecule has 0 atom stereocenters. The SMILES string of the molecule is COCCOCCOC.[La]. The van der Waals surface area contributed by atoms with Gasteiger partial charge >= 0.3 is 0 Å². The third-order valence-electron chi connectivity index (χ3n) is 0.864. The minimum atomic E-state index is 0. The van der Waals surface area contributed by atoms with Crippen LogP contribution in [0.3, 0.4) is 0 Å². The second kappa shape index (κ2) is 12.7. The summed E-state index contributed by atoms with van der Waals surface area (Å²) in [5.41, 5.74) is 0. The van der Waals surface area contributed by atoms with Crippen molar-refractivity contribution in [2.75, 3.05) is 40.6 Å². The van der Waals surface area contributed by atoms with Gasteiger partial charge in [-0.15, -0.1) is 0 Å². The molecule has 0 bridgehead atoms. The molecule has 0 aromatic heterocycles. The molecule has 0 rings (SSSR count). The molecule has 0 aromatic carbocycles. The molecule has 0 saturated heterocycles. The topological polar surface area (TPSA) is 27.7 Å². The molecule has 0 N–H and O–H groups in total. The van der Waals surface area contributed by atoms with Crippen molar-refractivity contribution in [3.8, 4) is 0 Å². The number of hydrogen-bond donors (Lipinski definition) is 0. The Kier molecular flexibility index (Phi) is 17.4. The monoisotopic (exact) mass is 273 g/mol. The molecule has 0 heterocycles. The summed E-state index contributed by atoms with van der Waals surface area (Å²) >= 11 is 0. The Balaban J connectivity index is 0. The van der Waals surface area contributed by atoms with Gasteiger partial charge in [-0.3, -0.25) is 0 Å². The second-order valence-electron chi connectivity index (χ2n) is 1.60. The van der Waals surface area contributed by atoms with Crippen LogP contribution in [0.4, 0.5) is 0 Å². The molecule has 0 aliphatic rings. The number of rotatable bonds is 6. The number of ether oxygens (including phenoxy) is 3. The Bertz CT molecular complexity index is 46.3. The van der Waals surface area contributed by atoms with Gasteiger partial charge in [0.05, 0.1) is 26.4 Å². The third kappa shape index (κ3) is 11.8. The van der Waals surface area contributed by atoms with Crippen LogP contribution in [0, 0.1) is 35.6 Å². The van der Waals surface area contributed by atoms with E-state index >= 15 is 0 Å². The van der Waals surface area contributed by atoms with E-state index in [1.165, 1.54) is 0 Å². The van der Waals surface area contributed by atoms with Gasteiger partial charge in [0.1, 0.15) is 0 Å². The van der Waals surface area contributed by atoms with Gasteiger partial charge in [-0.1, -0.05) is 0 Å². The summed E-state index contributed by atoms with van der Waals surface area (Å²) in [5.74, 6) is 0. The summed E-state index contributed by atoms with van der Waals surface area (Å²) in [7, 11) is 3.30. The molecule has 0 fully saturated rings. The first kappa shape index (κ1) is 13.7. The van der Waals surface area contributed by atoms with E-state index in [4.69, 9.17) is 14.2 Å². The fraction of sp³-hybridized carbons (Fsp3) is 1.00. The second-order valence-corrected chi connectivity index (χ2v) is 1.60. The maximum absolute atomic E-state index is 5.06. The molecular weight excluding hydrogens is 259 g/mol. The van der Waals surface area contributed by atoms with Crippen molar-refractivity contribution in [1.82, 2.24) is 0 Å². The first-order chi connectivity index (χ1) is 4.41. The van der Waals surface area contributed by atoms with Crippen molar-refractivity contribution >= 4 is 0 Å². The standard InChI is InChI=1S/C6H14O3.La/c1-7-3-5-9-6-4-8-2;/h3-6H2,1-2H3;. The van der Waals surface area contributed by atoms with Gasteiger partial charge in [0, 0.05) is 49.8 Å². The fourth-order valence-electron chi connectivity index (χ4n) is 0.387. The Morgan fingerprint density at radius 2 is 1.20 bits per heavy atom. The molecule has 4 heteroatoms. The van der Waals surface area contributed by atoms with E-state index in [-0.39, 0.29) is 35.6 Å². The molecule has 1 radical (unpaired) electrons. The van der Waals surface area contributed by atoms with Crippen LogP contribution >= 0.6 is 0 Å². The molecule has 0 unspecified atom stereocenters. The van der Waals surface area contributed by atoms with E-state index in [9.17, 15) is 0 Å². The number of methoxy groups -OCH3 is 2. The molecule has 10 heavy (non-hydrogen) atoms. The number of hydrogen-bond acceptors (Lipinski definition) is 3. The van der Waals surface area contributed by atoms with Crippen LogP contribution in [0.2, 0.25) is 0 Å². The normalized spacial score (nSPS) is 9.00. The van der Waals surface area contributed by atoms with Crippen LogP contribution < -0.4 is 0 Å². The Morgan fingerprint density at radius 1 is 0.800 bits per heavy atom. The van der Waals surface area contributed by atoms with Gasteiger partial charge in [-0.05, 0) is 0 Å². The third-order valence-corrected chi connectivity index (χ3v) is 0.864. The molecule has 3 nitrogen and oxygen atoms in total. The first-order valence-electron chi connectivity index (χ1n) is 2.97. The van der Waals surface area contributed by atoms with Gasteiger partial charge in [0.2, 0.25) is 0 Å². The van der Waals surface area contributed by atoms with Crippen LogP contribution in [-0.2, 0) is 14.2 Å². The van der Waals surface area contributed by atoms with Crippen LogP contribution in [0.25, 0.3) is 0 Å². The summed E-state index contributed by atoms with van der Waals surface area (Å²) in [6.07, 6.45) is 0. The quantitative estimate of drug-likeness (QED) is 0.651. The maximum Gasteiger partial charge on any atom is 0.0701 e. The Labute approximate surface area is 90.0 Å². The zero-order valence-corrected chi connectivity index (χ0v) is 10.3. The molecule has 0 aromatic rings. The van der Waals surface area contributed by atoms with Crippen LogP contribution in [0.1, 0.15) is 0 Å². The molecule has 0 saturated carbocycles. The zero-order valence-electron chi connectivity index (χ0n) is 6.63. The van der Waals surface area contributed by atoms with Crippen molar-refractivity contribution in [3.63, 3.8) is 0 Å². The van der Waals surface area contributed by atoms with Gasteiger partial charge in [0.15, 0.2) is 0 Å². The van der Waals surface area contributed by atoms with E-state index in [0.717, 1.165) is 0 Å². The molecule has 59 valence electrons. The van der Waals surface area contributed by atoms with Crippen LogP contribution in [-0.4, -0.2) is 40.6 Å². The van der Waals surface area contributed by atoms with Crippen molar-refractivity contribution < 1.29 is 49.8 Å². The van der Waals surface area contributed by atoms with Crippen molar-refractivity contribution in [2.24, 2.45) is 0 Å². The summed E-state index contributed by atoms with van der Waals surface area (Å²) in [5, 5.41) is 0. The predicted molar refractivity (Wildman–Crippen MR) is 34.6 cm³/mol. The van der Waals surface area contributed by atoms with Crippen LogP contribution in [0.5, 0.6) is 0 Å². The molecule has 0 aliphatic carbocycles. The summed E-state index contributed by atoms with van der Waals surface area (Å²) in [6.45, 7) is 2.62. The average molecular weight is 273 g/mol. The Hall–Kier alpha value is 1.07. The van der Waals surface area contributed by atoms with Crippen LogP contribution in [0.15, 0.2) is 0 Å². The molecule has 0 spiro atoms. The average Bonchev–Trinajstić information content (AvgIpc) is 1.89. The zero-order chi connectivity index (χ0) is 6.95. The van der Waals surface area contributed by atoms with Gasteiger partial charge in [-0.25, -0.2) is 0 Å². The minimum absolute atomic E-state index is 0. The smallest absolute Gasteiger partial charge is 0.0701 e. The minimum Gasteiger partial charge on any atom is -0.382 e. The van der Waals surface area contributed by atoms with Gasteiger partial charge in [-0.2, -0.15) is 0 Å². The largest absolute Gasteiger partial charge is 0.382 e. The molecule has 0 amide bonds. The van der Waals surface area contributed by atoms with E-state index < -0.39 is 0 Å². The van der Waals surface area contributed by atoms with E-state index in [1.807, 2.05) is 0 Å². The predicted octanol–water partition coefficient (Wildman–Crippen LogP) is 0.296.